The minimum Gasteiger partial charge on any atom is -0.476 e. The van der Waals surface area contributed by atoms with Crippen molar-refractivity contribution in [3.63, 3.8) is 0 Å². The molecule has 3 heterocycles. The number of hydrogen-bond acceptors (Lipinski definition) is 6. The van der Waals surface area contributed by atoms with Crippen LogP contribution in [0.5, 0.6) is 5.88 Å². The lowest BCUT2D eigenvalue weighted by Gasteiger charge is -2.07. The molecule has 0 N–H and O–H groups in total. The summed E-state index contributed by atoms with van der Waals surface area (Å²) in [5.41, 5.74) is 1.79. The molecule has 8 nitrogen and oxygen atoms in total. The van der Waals surface area contributed by atoms with Crippen molar-refractivity contribution in [1.82, 2.24) is 14.6 Å². The number of alkyl halides is 3. The number of carbonyl (C=O) groups excluding carboxylic acids is 1. The standard InChI is InChI=1S/C18H12F3IN4O4S/c19-18(20,21)17(27)25-31(22,28)8-7-29-16-6-5-15-23-10-12(26(15)24-16)14-9-11-3-1-2-4-13(11)30-14/h1-6,9-10H,7-8H2. The van der Waals surface area contributed by atoms with Crippen molar-refractivity contribution in [2.45, 2.75) is 6.18 Å². The first-order valence-electron chi connectivity index (χ1n) is 8.64. The molecule has 13 heteroatoms. The lowest BCUT2D eigenvalue weighted by molar-refractivity contribution is -0.169. The molecule has 1 aromatic carbocycles. The zero-order valence-electron chi connectivity index (χ0n) is 15.4. The highest BCUT2D eigenvalue weighted by Crippen LogP contribution is 2.28. The van der Waals surface area contributed by atoms with Crippen LogP contribution in [0, 0.1) is 0 Å². The maximum atomic E-state index is 12.3. The highest BCUT2D eigenvalue weighted by Gasteiger charge is 2.39. The van der Waals surface area contributed by atoms with Gasteiger partial charge in [0.2, 0.25) is 5.88 Å². The second-order valence-electron chi connectivity index (χ2n) is 6.24. The Hall–Kier alpha value is -2.68. The monoisotopic (exact) mass is 564 g/mol. The van der Waals surface area contributed by atoms with E-state index in [-0.39, 0.29) is 12.5 Å². The zero-order valence-corrected chi connectivity index (χ0v) is 18.3. The van der Waals surface area contributed by atoms with Gasteiger partial charge in [-0.25, -0.2) is 13.7 Å². The van der Waals surface area contributed by atoms with Crippen molar-refractivity contribution in [3.8, 4) is 17.3 Å². The zero-order chi connectivity index (χ0) is 22.2. The number of amides is 1. The lowest BCUT2D eigenvalue weighted by atomic mass is 10.2. The summed E-state index contributed by atoms with van der Waals surface area (Å²) in [6.45, 7) is -3.70. The molecular weight excluding hydrogens is 552 g/mol. The number of benzene rings is 1. The summed E-state index contributed by atoms with van der Waals surface area (Å²) in [6, 6.07) is 12.5. The number of aromatic nitrogens is 3. The fraction of sp³-hybridized carbons (Fsp3) is 0.167. The first kappa shape index (κ1) is 21.5. The van der Waals surface area contributed by atoms with Crippen molar-refractivity contribution in [2.75, 3.05) is 12.4 Å². The molecule has 0 saturated carbocycles. The number of ether oxygens (including phenoxy) is 1. The maximum Gasteiger partial charge on any atom is 0.474 e. The number of nitrogens with zero attached hydrogens (tertiary/aromatic N) is 4. The topological polar surface area (TPSA) is 99.1 Å². The SMILES string of the molecule is O=C(N=S(=O)(I)CCOc1ccc2ncc(-c3cc4ccccc4o3)n2n1)C(F)(F)F. The molecular formula is C18H12F3IN4O4S. The van der Waals surface area contributed by atoms with Gasteiger partial charge >= 0.3 is 12.1 Å². The molecule has 1 unspecified atom stereocenters. The van der Waals surface area contributed by atoms with Gasteiger partial charge in [-0.2, -0.15) is 13.2 Å². The number of imidazole rings is 1. The molecule has 0 spiro atoms. The Morgan fingerprint density at radius 3 is 2.77 bits per heavy atom. The van der Waals surface area contributed by atoms with Crippen LogP contribution in [0.2, 0.25) is 0 Å². The van der Waals surface area contributed by atoms with Crippen LogP contribution in [-0.4, -0.2) is 43.3 Å². The molecule has 4 rings (SSSR count). The molecule has 0 bridgehead atoms. The Morgan fingerprint density at radius 1 is 1.26 bits per heavy atom. The number of hydrogen-bond donors (Lipinski definition) is 0. The van der Waals surface area contributed by atoms with E-state index >= 15 is 0 Å². The Kier molecular flexibility index (Phi) is 5.63. The van der Waals surface area contributed by atoms with E-state index in [1.807, 2.05) is 30.3 Å². The first-order valence-corrected chi connectivity index (χ1v) is 12.9. The molecule has 0 saturated heterocycles. The number of fused-ring (bicyclic) bond motifs is 2. The van der Waals surface area contributed by atoms with Gasteiger partial charge in [-0.05, 0) is 18.2 Å². The molecule has 31 heavy (non-hydrogen) atoms. The van der Waals surface area contributed by atoms with Gasteiger partial charge in [0.15, 0.2) is 11.4 Å². The van der Waals surface area contributed by atoms with Gasteiger partial charge in [0.25, 0.3) is 0 Å². The fourth-order valence-corrected chi connectivity index (χ4v) is 4.49. The molecule has 0 aliphatic rings. The van der Waals surface area contributed by atoms with Crippen molar-refractivity contribution in [1.29, 1.82) is 0 Å². The average molecular weight is 564 g/mol. The van der Waals surface area contributed by atoms with Crippen molar-refractivity contribution in [2.24, 2.45) is 4.36 Å². The Labute approximate surface area is 185 Å². The third kappa shape index (κ3) is 4.81. The molecule has 1 amide bonds. The second-order valence-corrected chi connectivity index (χ2v) is 12.1. The van der Waals surface area contributed by atoms with E-state index in [1.54, 1.807) is 12.3 Å². The minimum absolute atomic E-state index is 0.122. The molecule has 3 aromatic heterocycles. The molecule has 0 fully saturated rings. The van der Waals surface area contributed by atoms with Gasteiger partial charge in [-0.1, -0.05) is 18.2 Å². The summed E-state index contributed by atoms with van der Waals surface area (Å²) >= 11 is 1.22. The van der Waals surface area contributed by atoms with E-state index in [0.29, 0.717) is 22.7 Å². The second kappa shape index (κ2) is 8.11. The predicted molar refractivity (Wildman–Crippen MR) is 114 cm³/mol. The fourth-order valence-electron chi connectivity index (χ4n) is 2.68. The van der Waals surface area contributed by atoms with Gasteiger partial charge in [0.05, 0.1) is 11.9 Å². The van der Waals surface area contributed by atoms with Crippen LogP contribution in [0.25, 0.3) is 28.1 Å². The van der Waals surface area contributed by atoms with E-state index in [0.717, 1.165) is 5.39 Å². The van der Waals surface area contributed by atoms with Crippen LogP contribution in [0.15, 0.2) is 57.4 Å². The lowest BCUT2D eigenvalue weighted by Crippen LogP contribution is -2.22. The number of furan rings is 1. The van der Waals surface area contributed by atoms with E-state index in [9.17, 15) is 22.2 Å². The average Bonchev–Trinajstić information content (AvgIpc) is 3.30. The molecule has 0 aliphatic heterocycles. The Bertz CT molecular complexity index is 1370. The predicted octanol–water partition coefficient (Wildman–Crippen LogP) is 4.43. The summed E-state index contributed by atoms with van der Waals surface area (Å²) in [5.74, 6) is -2.12. The minimum atomic E-state index is -5.17. The largest absolute Gasteiger partial charge is 0.476 e. The van der Waals surface area contributed by atoms with Crippen molar-refractivity contribution < 1.29 is 31.3 Å². The number of halogens is 4. The first-order chi connectivity index (χ1) is 14.6. The van der Waals surface area contributed by atoms with Gasteiger partial charge in [-0.15, -0.1) is 9.46 Å². The highest BCUT2D eigenvalue weighted by molar-refractivity contribution is 14.2. The van der Waals surface area contributed by atoms with Gasteiger partial charge in [0, 0.05) is 32.7 Å². The summed E-state index contributed by atoms with van der Waals surface area (Å²) in [7, 11) is 0. The third-order valence-corrected chi connectivity index (χ3v) is 7.08. The summed E-state index contributed by atoms with van der Waals surface area (Å²) in [4.78, 5) is 15.2. The summed E-state index contributed by atoms with van der Waals surface area (Å²) < 4.78 is 64.5. The summed E-state index contributed by atoms with van der Waals surface area (Å²) in [6.07, 6.45) is -3.58. The van der Waals surface area contributed by atoms with Crippen molar-refractivity contribution in [3.05, 3.63) is 48.7 Å². The highest BCUT2D eigenvalue weighted by atomic mass is 127. The van der Waals surface area contributed by atoms with E-state index in [4.69, 9.17) is 9.15 Å². The van der Waals surface area contributed by atoms with Gasteiger partial charge in [-0.3, -0.25) is 4.79 Å². The Morgan fingerprint density at radius 2 is 2.03 bits per heavy atom. The smallest absolute Gasteiger partial charge is 0.474 e. The van der Waals surface area contributed by atoms with Crippen LogP contribution < -0.4 is 4.74 Å². The van der Waals surface area contributed by atoms with Crippen LogP contribution in [0.4, 0.5) is 13.2 Å². The van der Waals surface area contributed by atoms with E-state index in [1.165, 1.54) is 31.8 Å². The van der Waals surface area contributed by atoms with E-state index < -0.39 is 24.7 Å². The van der Waals surface area contributed by atoms with Crippen LogP contribution in [-0.2, 0) is 11.7 Å². The van der Waals surface area contributed by atoms with Crippen LogP contribution in [0.1, 0.15) is 0 Å². The molecule has 4 aromatic rings. The third-order valence-electron chi connectivity index (χ3n) is 4.06. The van der Waals surface area contributed by atoms with Crippen LogP contribution in [0.3, 0.4) is 0 Å². The quantitative estimate of drug-likeness (QED) is 0.263. The van der Waals surface area contributed by atoms with E-state index in [2.05, 4.69) is 14.4 Å². The Balaban J connectivity index is 1.53. The molecule has 0 radical (unpaired) electrons. The number of rotatable bonds is 5. The molecule has 1 atom stereocenters. The summed E-state index contributed by atoms with van der Waals surface area (Å²) in [5, 5.41) is 5.21. The maximum absolute atomic E-state index is 12.3. The number of para-hydroxylation sites is 1. The van der Waals surface area contributed by atoms with Gasteiger partial charge < -0.3 is 9.15 Å². The number of carbonyl (C=O) groups is 1. The van der Waals surface area contributed by atoms with Crippen LogP contribution >= 0.6 is 21.2 Å². The van der Waals surface area contributed by atoms with Gasteiger partial charge in [0.1, 0.15) is 24.8 Å². The molecule has 0 aliphatic carbocycles. The normalized spacial score (nSPS) is 13.9. The molecule has 162 valence electrons. The van der Waals surface area contributed by atoms with Crippen molar-refractivity contribution >= 4 is 50.6 Å².